The molecule has 2 heterocycles. The van der Waals surface area contributed by atoms with Gasteiger partial charge in [0.05, 0.1) is 5.69 Å². The van der Waals surface area contributed by atoms with Crippen LogP contribution in [0, 0.1) is 0 Å². The zero-order chi connectivity index (χ0) is 22.4. The second kappa shape index (κ2) is 13.8. The average molecular weight is 430 g/mol. The molecule has 3 aromatic rings. The Morgan fingerprint density at radius 2 is 1.06 bits per heavy atom. The number of rotatable bonds is 14. The molecule has 0 saturated carbocycles. The first-order chi connectivity index (χ1) is 15.8. The number of unbranched alkanes of at least 4 members (excludes halogenated alkanes) is 8. The van der Waals surface area contributed by atoms with E-state index in [4.69, 9.17) is 0 Å². The molecule has 0 bridgehead atoms. The monoisotopic (exact) mass is 429 g/mol. The van der Waals surface area contributed by atoms with Crippen molar-refractivity contribution in [3.63, 3.8) is 0 Å². The van der Waals surface area contributed by atoms with Gasteiger partial charge in [0.15, 0.2) is 5.82 Å². The lowest BCUT2D eigenvalue weighted by Crippen LogP contribution is -1.94. The molecule has 0 radical (unpaired) electrons. The molecule has 0 saturated heterocycles. The molecule has 0 unspecified atom stereocenters. The summed E-state index contributed by atoms with van der Waals surface area (Å²) in [5.74, 6) is 0.749. The molecule has 0 spiro atoms. The fourth-order valence-corrected chi connectivity index (χ4v) is 4.04. The Hall–Kier alpha value is -2.55. The van der Waals surface area contributed by atoms with Gasteiger partial charge in [-0.25, -0.2) is 9.97 Å². The van der Waals surface area contributed by atoms with Gasteiger partial charge in [0.25, 0.3) is 0 Å². The van der Waals surface area contributed by atoms with Crippen molar-refractivity contribution in [3.8, 4) is 22.6 Å². The highest BCUT2D eigenvalue weighted by molar-refractivity contribution is 5.63. The zero-order valence-electron chi connectivity index (χ0n) is 20.0. The van der Waals surface area contributed by atoms with Crippen molar-refractivity contribution in [1.29, 1.82) is 0 Å². The Kier molecular flexibility index (Phi) is 10.4. The molecule has 0 amide bonds. The summed E-state index contributed by atoms with van der Waals surface area (Å²) in [6.45, 7) is 4.51. The van der Waals surface area contributed by atoms with Gasteiger partial charge in [0.1, 0.15) is 0 Å². The summed E-state index contributed by atoms with van der Waals surface area (Å²) in [6, 6.07) is 13.0. The van der Waals surface area contributed by atoms with Crippen LogP contribution >= 0.6 is 0 Å². The summed E-state index contributed by atoms with van der Waals surface area (Å²) in [5.41, 5.74) is 5.74. The lowest BCUT2D eigenvalue weighted by Gasteiger charge is -2.06. The third-order valence-corrected chi connectivity index (χ3v) is 6.11. The molecule has 32 heavy (non-hydrogen) atoms. The van der Waals surface area contributed by atoms with Crippen molar-refractivity contribution in [3.05, 3.63) is 66.1 Å². The molecular formula is C29H39N3. The third kappa shape index (κ3) is 7.85. The fourth-order valence-electron chi connectivity index (χ4n) is 4.04. The second-order valence-corrected chi connectivity index (χ2v) is 8.87. The highest BCUT2D eigenvalue weighted by Gasteiger charge is 2.05. The zero-order valence-corrected chi connectivity index (χ0v) is 20.0. The van der Waals surface area contributed by atoms with E-state index in [9.17, 15) is 0 Å². The van der Waals surface area contributed by atoms with Crippen LogP contribution in [0.3, 0.4) is 0 Å². The Bertz CT molecular complexity index is 883. The maximum absolute atomic E-state index is 4.66. The van der Waals surface area contributed by atoms with Crippen molar-refractivity contribution in [2.45, 2.75) is 90.9 Å². The van der Waals surface area contributed by atoms with E-state index in [1.807, 2.05) is 18.6 Å². The van der Waals surface area contributed by atoms with Crippen molar-refractivity contribution in [1.82, 2.24) is 15.0 Å². The van der Waals surface area contributed by atoms with E-state index in [1.165, 1.54) is 75.3 Å². The molecule has 0 fully saturated rings. The van der Waals surface area contributed by atoms with Gasteiger partial charge in [-0.1, -0.05) is 89.5 Å². The Balaban J connectivity index is 1.49. The van der Waals surface area contributed by atoms with Crippen molar-refractivity contribution < 1.29 is 0 Å². The van der Waals surface area contributed by atoms with Gasteiger partial charge in [-0.15, -0.1) is 0 Å². The highest BCUT2D eigenvalue weighted by atomic mass is 14.9. The lowest BCUT2D eigenvalue weighted by molar-refractivity contribution is 0.589. The fraction of sp³-hybridized carbons (Fsp3) is 0.483. The Morgan fingerprint density at radius 1 is 0.500 bits per heavy atom. The molecule has 3 heteroatoms. The summed E-state index contributed by atoms with van der Waals surface area (Å²) < 4.78 is 0. The average Bonchev–Trinajstić information content (AvgIpc) is 2.85. The first kappa shape index (κ1) is 24.1. The standard InChI is InChI=1S/C29H39N3/c1-3-5-7-8-9-10-12-14-25-21-31-29(32-22-25)27-19-20-28(30-23-27)26-17-15-24(16-18-26)13-11-6-4-2/h15-23H,3-14H2,1-2H3. The minimum Gasteiger partial charge on any atom is -0.255 e. The molecule has 170 valence electrons. The van der Waals surface area contributed by atoms with Crippen LogP contribution in [0.15, 0.2) is 55.0 Å². The van der Waals surface area contributed by atoms with E-state index in [0.717, 1.165) is 35.5 Å². The largest absolute Gasteiger partial charge is 0.255 e. The van der Waals surface area contributed by atoms with Crippen LogP contribution < -0.4 is 0 Å². The smallest absolute Gasteiger partial charge is 0.160 e. The summed E-state index contributed by atoms with van der Waals surface area (Å²) >= 11 is 0. The van der Waals surface area contributed by atoms with Gasteiger partial charge in [0.2, 0.25) is 0 Å². The van der Waals surface area contributed by atoms with Crippen LogP contribution in [0.25, 0.3) is 22.6 Å². The van der Waals surface area contributed by atoms with Crippen molar-refractivity contribution in [2.75, 3.05) is 0 Å². The van der Waals surface area contributed by atoms with E-state index in [-0.39, 0.29) is 0 Å². The van der Waals surface area contributed by atoms with Crippen molar-refractivity contribution in [2.24, 2.45) is 0 Å². The number of aryl methyl sites for hydroxylation is 2. The molecule has 0 N–H and O–H groups in total. The minimum absolute atomic E-state index is 0.749. The molecule has 3 nitrogen and oxygen atoms in total. The summed E-state index contributed by atoms with van der Waals surface area (Å²) in [5, 5.41) is 0. The summed E-state index contributed by atoms with van der Waals surface area (Å²) in [7, 11) is 0. The molecule has 0 atom stereocenters. The Labute approximate surface area is 194 Å². The van der Waals surface area contributed by atoms with Crippen LogP contribution in [-0.4, -0.2) is 15.0 Å². The number of pyridine rings is 1. The summed E-state index contributed by atoms with van der Waals surface area (Å²) in [6.07, 6.45) is 21.2. The number of benzene rings is 1. The van der Waals surface area contributed by atoms with Crippen LogP contribution in [0.2, 0.25) is 0 Å². The number of nitrogens with zero attached hydrogens (tertiary/aromatic N) is 3. The van der Waals surface area contributed by atoms with Gasteiger partial charge >= 0.3 is 0 Å². The van der Waals surface area contributed by atoms with E-state index >= 15 is 0 Å². The number of hydrogen-bond donors (Lipinski definition) is 0. The van der Waals surface area contributed by atoms with Crippen LogP contribution in [0.1, 0.15) is 89.2 Å². The molecule has 1 aromatic carbocycles. The maximum Gasteiger partial charge on any atom is 0.160 e. The van der Waals surface area contributed by atoms with Gasteiger partial charge in [-0.2, -0.15) is 0 Å². The van der Waals surface area contributed by atoms with E-state index in [0.29, 0.717) is 0 Å². The van der Waals surface area contributed by atoms with Crippen molar-refractivity contribution >= 4 is 0 Å². The predicted molar refractivity (Wildman–Crippen MR) is 136 cm³/mol. The summed E-state index contributed by atoms with van der Waals surface area (Å²) in [4.78, 5) is 13.8. The third-order valence-electron chi connectivity index (χ3n) is 6.11. The van der Waals surface area contributed by atoms with E-state index < -0.39 is 0 Å². The lowest BCUT2D eigenvalue weighted by atomic mass is 10.0. The van der Waals surface area contributed by atoms with Crippen LogP contribution in [-0.2, 0) is 12.8 Å². The van der Waals surface area contributed by atoms with Crippen LogP contribution in [0.4, 0.5) is 0 Å². The molecule has 0 aliphatic rings. The predicted octanol–water partition coefficient (Wildman–Crippen LogP) is 8.23. The van der Waals surface area contributed by atoms with E-state index in [2.05, 4.69) is 65.2 Å². The minimum atomic E-state index is 0.749. The Morgan fingerprint density at radius 3 is 1.72 bits per heavy atom. The van der Waals surface area contributed by atoms with Gasteiger partial charge in [-0.05, 0) is 48.9 Å². The van der Waals surface area contributed by atoms with Crippen LogP contribution in [0.5, 0.6) is 0 Å². The quantitative estimate of drug-likeness (QED) is 0.242. The molecular weight excluding hydrogens is 390 g/mol. The van der Waals surface area contributed by atoms with Gasteiger partial charge in [0, 0.05) is 29.7 Å². The topological polar surface area (TPSA) is 38.7 Å². The molecule has 0 aliphatic carbocycles. The van der Waals surface area contributed by atoms with E-state index in [1.54, 1.807) is 0 Å². The normalized spacial score (nSPS) is 11.1. The van der Waals surface area contributed by atoms with Gasteiger partial charge < -0.3 is 0 Å². The second-order valence-electron chi connectivity index (χ2n) is 8.87. The number of hydrogen-bond acceptors (Lipinski definition) is 3. The van der Waals surface area contributed by atoms with Gasteiger partial charge in [-0.3, -0.25) is 4.98 Å². The number of aromatic nitrogens is 3. The molecule has 2 aromatic heterocycles. The molecule has 3 rings (SSSR count). The highest BCUT2D eigenvalue weighted by Crippen LogP contribution is 2.22. The maximum atomic E-state index is 4.66. The molecule has 0 aliphatic heterocycles. The SMILES string of the molecule is CCCCCCCCCc1cnc(-c2ccc(-c3ccc(CCCCC)cc3)nc2)nc1. The first-order valence-corrected chi connectivity index (χ1v) is 12.7. The first-order valence-electron chi connectivity index (χ1n) is 12.7.